The number of nitrogens with one attached hydrogen (secondary N) is 2. The molecule has 122 valence electrons. The highest BCUT2D eigenvalue weighted by Gasteiger charge is 2.16. The lowest BCUT2D eigenvalue weighted by molar-refractivity contribution is 0.196. The van der Waals surface area contributed by atoms with Crippen LogP contribution in [0.5, 0.6) is 5.88 Å². The first-order chi connectivity index (χ1) is 10.7. The van der Waals surface area contributed by atoms with Crippen molar-refractivity contribution in [2.24, 2.45) is 0 Å². The van der Waals surface area contributed by atoms with Crippen molar-refractivity contribution in [3.63, 3.8) is 0 Å². The summed E-state index contributed by atoms with van der Waals surface area (Å²) >= 11 is 5.25. The van der Waals surface area contributed by atoms with Crippen LogP contribution in [0.4, 0.5) is 11.8 Å². The number of thiocarbonyl (C=S) groups is 1. The summed E-state index contributed by atoms with van der Waals surface area (Å²) in [6.07, 6.45) is 3.26. The van der Waals surface area contributed by atoms with Crippen LogP contribution in [0.1, 0.15) is 19.3 Å². The van der Waals surface area contributed by atoms with Gasteiger partial charge in [-0.05, 0) is 31.5 Å². The Labute approximate surface area is 136 Å². The molecule has 22 heavy (non-hydrogen) atoms. The van der Waals surface area contributed by atoms with E-state index in [1.807, 2.05) is 6.07 Å². The van der Waals surface area contributed by atoms with Crippen LogP contribution < -0.4 is 20.3 Å². The normalized spacial score (nSPS) is 14.0. The second-order valence-corrected chi connectivity index (χ2v) is 5.42. The maximum absolute atomic E-state index is 5.25. The van der Waals surface area contributed by atoms with Crippen molar-refractivity contribution >= 4 is 29.1 Å². The van der Waals surface area contributed by atoms with Gasteiger partial charge in [0.2, 0.25) is 11.8 Å². The Morgan fingerprint density at radius 2 is 2.09 bits per heavy atom. The number of aromatic nitrogens is 2. The number of ether oxygens (including phenoxy) is 2. The molecule has 1 aromatic rings. The Morgan fingerprint density at radius 3 is 2.77 bits per heavy atom. The van der Waals surface area contributed by atoms with E-state index < -0.39 is 0 Å². The zero-order valence-electron chi connectivity index (χ0n) is 13.1. The topological polar surface area (TPSA) is 71.5 Å². The van der Waals surface area contributed by atoms with Gasteiger partial charge in [0.25, 0.3) is 0 Å². The smallest absolute Gasteiger partial charge is 0.234 e. The molecule has 7 nitrogen and oxygen atoms in total. The molecule has 1 saturated heterocycles. The minimum atomic E-state index is 0.450. The summed E-state index contributed by atoms with van der Waals surface area (Å²) in [4.78, 5) is 11.0. The summed E-state index contributed by atoms with van der Waals surface area (Å²) in [6, 6.07) is 1.85. The van der Waals surface area contributed by atoms with Crippen LogP contribution in [-0.4, -0.2) is 55.5 Å². The fourth-order valence-electron chi connectivity index (χ4n) is 2.25. The van der Waals surface area contributed by atoms with Crippen molar-refractivity contribution < 1.29 is 9.47 Å². The van der Waals surface area contributed by atoms with Gasteiger partial charge in [-0.3, -0.25) is 0 Å². The van der Waals surface area contributed by atoms with Crippen molar-refractivity contribution in [2.75, 3.05) is 50.7 Å². The third-order valence-electron chi connectivity index (χ3n) is 3.36. The van der Waals surface area contributed by atoms with Crippen LogP contribution >= 0.6 is 12.2 Å². The molecule has 0 radical (unpaired) electrons. The molecule has 2 rings (SSSR count). The van der Waals surface area contributed by atoms with E-state index in [0.29, 0.717) is 23.5 Å². The average Bonchev–Trinajstić information content (AvgIpc) is 3.05. The quantitative estimate of drug-likeness (QED) is 0.576. The van der Waals surface area contributed by atoms with E-state index >= 15 is 0 Å². The van der Waals surface area contributed by atoms with Crippen LogP contribution in [0.3, 0.4) is 0 Å². The first kappa shape index (κ1) is 16.7. The van der Waals surface area contributed by atoms with E-state index in [9.17, 15) is 0 Å². The average molecular weight is 325 g/mol. The highest BCUT2D eigenvalue weighted by Crippen LogP contribution is 2.23. The van der Waals surface area contributed by atoms with Crippen molar-refractivity contribution in [1.82, 2.24) is 15.3 Å². The highest BCUT2D eigenvalue weighted by molar-refractivity contribution is 7.80. The lowest BCUT2D eigenvalue weighted by atomic mass is 10.4. The number of anilines is 2. The first-order valence-electron chi connectivity index (χ1n) is 7.44. The molecule has 1 aliphatic heterocycles. The summed E-state index contributed by atoms with van der Waals surface area (Å²) in [7, 11) is 3.28. The molecule has 1 aromatic heterocycles. The van der Waals surface area contributed by atoms with Gasteiger partial charge in [0.1, 0.15) is 5.82 Å². The van der Waals surface area contributed by atoms with Gasteiger partial charge in [0.15, 0.2) is 5.11 Å². The fraction of sp³-hybridized carbons (Fsp3) is 0.643. The number of nitrogens with zero attached hydrogens (tertiary/aromatic N) is 3. The van der Waals surface area contributed by atoms with E-state index in [0.717, 1.165) is 31.9 Å². The maximum atomic E-state index is 5.25. The second kappa shape index (κ2) is 8.70. The summed E-state index contributed by atoms with van der Waals surface area (Å²) in [5.41, 5.74) is 0. The first-order valence-corrected chi connectivity index (χ1v) is 7.85. The Kier molecular flexibility index (Phi) is 6.60. The molecule has 1 aliphatic rings. The molecular formula is C14H23N5O2S. The SMILES string of the molecule is COCCCNC(=S)Nc1nc(OC)cc(N2CCCC2)n1. The van der Waals surface area contributed by atoms with Gasteiger partial charge in [-0.2, -0.15) is 9.97 Å². The number of rotatable bonds is 7. The van der Waals surface area contributed by atoms with E-state index in [4.69, 9.17) is 21.7 Å². The number of hydrogen-bond donors (Lipinski definition) is 2. The van der Waals surface area contributed by atoms with E-state index in [-0.39, 0.29) is 0 Å². The molecule has 1 fully saturated rings. The van der Waals surface area contributed by atoms with E-state index in [2.05, 4.69) is 25.5 Å². The lowest BCUT2D eigenvalue weighted by Crippen LogP contribution is -2.31. The van der Waals surface area contributed by atoms with Crippen LogP contribution in [0.25, 0.3) is 0 Å². The number of hydrogen-bond acceptors (Lipinski definition) is 6. The third-order valence-corrected chi connectivity index (χ3v) is 3.61. The molecule has 0 saturated carbocycles. The summed E-state index contributed by atoms with van der Waals surface area (Å²) < 4.78 is 10.2. The summed E-state index contributed by atoms with van der Waals surface area (Å²) in [5, 5.41) is 6.60. The number of methoxy groups -OCH3 is 2. The molecule has 8 heteroatoms. The van der Waals surface area contributed by atoms with Crippen LogP contribution in [-0.2, 0) is 4.74 Å². The van der Waals surface area contributed by atoms with Crippen LogP contribution in [0.2, 0.25) is 0 Å². The molecule has 0 atom stereocenters. The van der Waals surface area contributed by atoms with Crippen molar-refractivity contribution in [3.05, 3.63) is 6.07 Å². The van der Waals surface area contributed by atoms with E-state index in [1.54, 1.807) is 14.2 Å². The molecule has 0 spiro atoms. The van der Waals surface area contributed by atoms with Gasteiger partial charge in [-0.1, -0.05) is 0 Å². The Morgan fingerprint density at radius 1 is 1.32 bits per heavy atom. The van der Waals surface area contributed by atoms with Crippen molar-refractivity contribution in [1.29, 1.82) is 0 Å². The third kappa shape index (κ3) is 4.96. The maximum Gasteiger partial charge on any atom is 0.234 e. The van der Waals surface area contributed by atoms with Gasteiger partial charge in [-0.25, -0.2) is 0 Å². The standard InChI is InChI=1S/C14H23N5O2S/c1-20-9-5-6-15-14(22)18-13-16-11(10-12(17-13)21-2)19-7-3-4-8-19/h10H,3-9H2,1-2H3,(H2,15,16,17,18,22). The summed E-state index contributed by atoms with van der Waals surface area (Å²) in [5.74, 6) is 1.85. The molecule has 0 bridgehead atoms. The minimum Gasteiger partial charge on any atom is -0.481 e. The highest BCUT2D eigenvalue weighted by atomic mass is 32.1. The molecule has 2 heterocycles. The molecule has 0 amide bonds. The van der Waals surface area contributed by atoms with Crippen molar-refractivity contribution in [3.8, 4) is 5.88 Å². The monoisotopic (exact) mass is 325 g/mol. The minimum absolute atomic E-state index is 0.450. The molecule has 0 aliphatic carbocycles. The van der Waals surface area contributed by atoms with Crippen LogP contribution in [0, 0.1) is 0 Å². The van der Waals surface area contributed by atoms with E-state index in [1.165, 1.54) is 12.8 Å². The Balaban J connectivity index is 1.97. The molecular weight excluding hydrogens is 302 g/mol. The van der Waals surface area contributed by atoms with Gasteiger partial charge in [0.05, 0.1) is 7.11 Å². The molecule has 0 unspecified atom stereocenters. The fourth-order valence-corrected chi connectivity index (χ4v) is 2.44. The lowest BCUT2D eigenvalue weighted by Gasteiger charge is -2.18. The van der Waals surface area contributed by atoms with Gasteiger partial charge < -0.3 is 25.0 Å². The predicted octanol–water partition coefficient (Wildman–Crippen LogP) is 1.41. The zero-order chi connectivity index (χ0) is 15.8. The predicted molar refractivity (Wildman–Crippen MR) is 90.7 cm³/mol. The van der Waals surface area contributed by atoms with Crippen molar-refractivity contribution in [2.45, 2.75) is 19.3 Å². The Bertz CT molecular complexity index is 494. The summed E-state index contributed by atoms with van der Waals surface area (Å²) in [6.45, 7) is 3.46. The Hall–Kier alpha value is -1.67. The van der Waals surface area contributed by atoms with Gasteiger partial charge >= 0.3 is 0 Å². The molecule has 0 aromatic carbocycles. The van der Waals surface area contributed by atoms with Gasteiger partial charge in [-0.15, -0.1) is 0 Å². The largest absolute Gasteiger partial charge is 0.481 e. The zero-order valence-corrected chi connectivity index (χ0v) is 13.9. The van der Waals surface area contributed by atoms with Gasteiger partial charge in [0, 0.05) is 39.4 Å². The second-order valence-electron chi connectivity index (χ2n) is 5.01. The molecule has 2 N–H and O–H groups in total. The van der Waals surface area contributed by atoms with Crippen LogP contribution in [0.15, 0.2) is 6.07 Å².